The van der Waals surface area contributed by atoms with Crippen LogP contribution in [0.25, 0.3) is 16.9 Å². The van der Waals surface area contributed by atoms with E-state index in [4.69, 9.17) is 0 Å². The van der Waals surface area contributed by atoms with Crippen molar-refractivity contribution < 1.29 is 8.42 Å². The molecule has 29 heavy (non-hydrogen) atoms. The fraction of sp³-hybridized carbons (Fsp3) is 0.0870. The van der Waals surface area contributed by atoms with Crippen molar-refractivity contribution in [2.45, 2.75) is 18.7 Å². The second-order valence-corrected chi connectivity index (χ2v) is 8.49. The third-order valence-electron chi connectivity index (χ3n) is 4.89. The maximum absolute atomic E-state index is 13.3. The Balaban J connectivity index is 1.85. The maximum Gasteiger partial charge on any atom is 0.265 e. The Morgan fingerprint density at radius 3 is 2.17 bits per heavy atom. The number of para-hydroxylation sites is 1. The highest BCUT2D eigenvalue weighted by Gasteiger charge is 2.25. The summed E-state index contributed by atoms with van der Waals surface area (Å²) in [6.07, 6.45) is 1.56. The van der Waals surface area contributed by atoms with E-state index in [9.17, 15) is 8.42 Å². The van der Waals surface area contributed by atoms with Crippen molar-refractivity contribution >= 4 is 15.7 Å². The van der Waals surface area contributed by atoms with Crippen LogP contribution in [0.4, 0.5) is 5.69 Å². The Morgan fingerprint density at radius 1 is 0.828 bits per heavy atom. The van der Waals surface area contributed by atoms with Crippen LogP contribution >= 0.6 is 0 Å². The van der Waals surface area contributed by atoms with Crippen LogP contribution in [-0.4, -0.2) is 18.2 Å². The number of hydrogen-bond acceptors (Lipinski definition) is 3. The van der Waals surface area contributed by atoms with Gasteiger partial charge in [-0.2, -0.15) is 5.10 Å². The number of benzene rings is 3. The van der Waals surface area contributed by atoms with Gasteiger partial charge in [-0.3, -0.25) is 4.72 Å². The number of hydrogen-bond donors (Lipinski definition) is 1. The molecule has 1 heterocycles. The number of aryl methyl sites for hydroxylation is 1. The predicted molar refractivity (Wildman–Crippen MR) is 116 cm³/mol. The molecule has 1 N–H and O–H groups in total. The standard InChI is InChI=1S/C23H21N3O2S/c1-17-10-9-15-21(18(17)2)25-29(27,28)22-16-26(20-13-7-4-8-14-20)24-23(22)19-11-5-3-6-12-19/h3-16,25H,1-2H3. The summed E-state index contributed by atoms with van der Waals surface area (Å²) in [4.78, 5) is 0.133. The maximum atomic E-state index is 13.3. The molecule has 146 valence electrons. The third-order valence-corrected chi connectivity index (χ3v) is 6.25. The molecule has 0 radical (unpaired) electrons. The molecule has 0 atom stereocenters. The monoisotopic (exact) mass is 403 g/mol. The van der Waals surface area contributed by atoms with E-state index in [0.717, 1.165) is 22.4 Å². The summed E-state index contributed by atoms with van der Waals surface area (Å²) in [5, 5.41) is 4.60. The lowest BCUT2D eigenvalue weighted by atomic mass is 10.1. The first-order chi connectivity index (χ1) is 14.0. The van der Waals surface area contributed by atoms with Crippen LogP contribution in [0.1, 0.15) is 11.1 Å². The van der Waals surface area contributed by atoms with Gasteiger partial charge in [0.1, 0.15) is 10.6 Å². The molecule has 4 aromatic rings. The summed E-state index contributed by atoms with van der Waals surface area (Å²) >= 11 is 0. The largest absolute Gasteiger partial charge is 0.279 e. The first-order valence-electron chi connectivity index (χ1n) is 9.25. The highest BCUT2D eigenvalue weighted by atomic mass is 32.2. The zero-order chi connectivity index (χ0) is 20.4. The van der Waals surface area contributed by atoms with E-state index in [0.29, 0.717) is 11.4 Å². The van der Waals surface area contributed by atoms with Crippen molar-refractivity contribution in [1.29, 1.82) is 0 Å². The van der Waals surface area contributed by atoms with Gasteiger partial charge in [-0.1, -0.05) is 60.7 Å². The van der Waals surface area contributed by atoms with Crippen LogP contribution in [0.5, 0.6) is 0 Å². The third kappa shape index (κ3) is 3.79. The van der Waals surface area contributed by atoms with Crippen LogP contribution in [0.15, 0.2) is 90.0 Å². The topological polar surface area (TPSA) is 64.0 Å². The van der Waals surface area contributed by atoms with Crippen LogP contribution in [0.3, 0.4) is 0 Å². The normalized spacial score (nSPS) is 11.4. The lowest BCUT2D eigenvalue weighted by molar-refractivity contribution is 0.601. The molecule has 0 aliphatic rings. The fourth-order valence-corrected chi connectivity index (χ4v) is 4.40. The van der Waals surface area contributed by atoms with Gasteiger partial charge in [0.15, 0.2) is 0 Å². The molecular formula is C23H21N3O2S. The van der Waals surface area contributed by atoms with Crippen LogP contribution < -0.4 is 4.72 Å². The van der Waals surface area contributed by atoms with Gasteiger partial charge in [0.05, 0.1) is 17.6 Å². The highest BCUT2D eigenvalue weighted by Crippen LogP contribution is 2.30. The van der Waals surface area contributed by atoms with Crippen molar-refractivity contribution in [3.8, 4) is 16.9 Å². The Bertz CT molecular complexity index is 1250. The van der Waals surface area contributed by atoms with Crippen molar-refractivity contribution in [3.05, 3.63) is 96.2 Å². The van der Waals surface area contributed by atoms with E-state index in [-0.39, 0.29) is 4.90 Å². The Morgan fingerprint density at radius 2 is 1.48 bits per heavy atom. The van der Waals surface area contributed by atoms with Crippen molar-refractivity contribution in [3.63, 3.8) is 0 Å². The molecule has 0 saturated carbocycles. The number of anilines is 1. The van der Waals surface area contributed by atoms with Gasteiger partial charge in [-0.25, -0.2) is 13.1 Å². The zero-order valence-electron chi connectivity index (χ0n) is 16.2. The first kappa shape index (κ1) is 19.0. The summed E-state index contributed by atoms with van der Waals surface area (Å²) in [5.74, 6) is 0. The Labute approximate surface area is 170 Å². The first-order valence-corrected chi connectivity index (χ1v) is 10.7. The number of nitrogens with one attached hydrogen (secondary N) is 1. The molecule has 1 aromatic heterocycles. The molecule has 0 spiro atoms. The minimum absolute atomic E-state index is 0.133. The molecule has 3 aromatic carbocycles. The quantitative estimate of drug-likeness (QED) is 0.512. The second-order valence-electron chi connectivity index (χ2n) is 6.84. The molecule has 4 rings (SSSR count). The summed E-state index contributed by atoms with van der Waals surface area (Å²) in [5.41, 5.74) is 4.42. The molecule has 0 aliphatic heterocycles. The van der Waals surface area contributed by atoms with Crippen molar-refractivity contribution in [1.82, 2.24) is 9.78 Å². The molecule has 0 bridgehead atoms. The van der Waals surface area contributed by atoms with E-state index >= 15 is 0 Å². The minimum Gasteiger partial charge on any atom is -0.279 e. The molecule has 0 amide bonds. The molecule has 0 fully saturated rings. The van der Waals surface area contributed by atoms with E-state index in [2.05, 4.69) is 9.82 Å². The average Bonchev–Trinajstić information content (AvgIpc) is 3.19. The van der Waals surface area contributed by atoms with Gasteiger partial charge < -0.3 is 0 Å². The smallest absolute Gasteiger partial charge is 0.265 e. The molecule has 0 unspecified atom stereocenters. The zero-order valence-corrected chi connectivity index (χ0v) is 17.0. The molecule has 0 saturated heterocycles. The van der Waals surface area contributed by atoms with Gasteiger partial charge in [-0.15, -0.1) is 0 Å². The SMILES string of the molecule is Cc1cccc(NS(=O)(=O)c2cn(-c3ccccc3)nc2-c2ccccc2)c1C. The number of nitrogens with zero attached hydrogens (tertiary/aromatic N) is 2. The van der Waals surface area contributed by atoms with Crippen molar-refractivity contribution in [2.24, 2.45) is 0 Å². The lowest BCUT2D eigenvalue weighted by Crippen LogP contribution is -2.14. The van der Waals surface area contributed by atoms with E-state index < -0.39 is 10.0 Å². The van der Waals surface area contributed by atoms with E-state index in [1.165, 1.54) is 0 Å². The van der Waals surface area contributed by atoms with E-state index in [1.807, 2.05) is 86.6 Å². The Hall–Kier alpha value is -3.38. The number of sulfonamides is 1. The molecule has 0 aliphatic carbocycles. The minimum atomic E-state index is -3.85. The summed E-state index contributed by atoms with van der Waals surface area (Å²) in [6, 6.07) is 24.4. The number of aromatic nitrogens is 2. The van der Waals surface area contributed by atoms with Crippen LogP contribution in [-0.2, 0) is 10.0 Å². The van der Waals surface area contributed by atoms with Gasteiger partial charge in [0.25, 0.3) is 10.0 Å². The molecule has 5 nitrogen and oxygen atoms in total. The lowest BCUT2D eigenvalue weighted by Gasteiger charge is -2.12. The van der Waals surface area contributed by atoms with Gasteiger partial charge in [-0.05, 0) is 43.2 Å². The van der Waals surface area contributed by atoms with Crippen molar-refractivity contribution in [2.75, 3.05) is 4.72 Å². The highest BCUT2D eigenvalue weighted by molar-refractivity contribution is 7.92. The molecule has 6 heteroatoms. The Kier molecular flexibility index (Phi) is 4.94. The average molecular weight is 404 g/mol. The van der Waals surface area contributed by atoms with Gasteiger partial charge >= 0.3 is 0 Å². The van der Waals surface area contributed by atoms with Crippen LogP contribution in [0.2, 0.25) is 0 Å². The summed E-state index contributed by atoms with van der Waals surface area (Å²) in [6.45, 7) is 3.86. The summed E-state index contributed by atoms with van der Waals surface area (Å²) in [7, 11) is -3.85. The number of rotatable bonds is 5. The van der Waals surface area contributed by atoms with Gasteiger partial charge in [0, 0.05) is 5.56 Å². The predicted octanol–water partition coefficient (Wildman–Crippen LogP) is 4.96. The van der Waals surface area contributed by atoms with Gasteiger partial charge in [0.2, 0.25) is 0 Å². The van der Waals surface area contributed by atoms with E-state index in [1.54, 1.807) is 16.9 Å². The second kappa shape index (κ2) is 7.56. The molecular weight excluding hydrogens is 382 g/mol. The fourth-order valence-electron chi connectivity index (χ4n) is 3.13. The summed E-state index contributed by atoms with van der Waals surface area (Å²) < 4.78 is 31.0. The van der Waals surface area contributed by atoms with Crippen LogP contribution in [0, 0.1) is 13.8 Å².